The third-order valence-electron chi connectivity index (χ3n) is 4.05. The van der Waals surface area contributed by atoms with Crippen molar-refractivity contribution in [1.29, 1.82) is 0 Å². The molecule has 106 valence electrons. The van der Waals surface area contributed by atoms with E-state index in [2.05, 4.69) is 11.6 Å². The number of rotatable bonds is 5. The highest BCUT2D eigenvalue weighted by Crippen LogP contribution is 2.39. The van der Waals surface area contributed by atoms with Crippen molar-refractivity contribution in [2.45, 2.75) is 36.9 Å². The smallest absolute Gasteiger partial charge is 0.143 e. The molecule has 3 N–H and O–H groups in total. The number of nitrogen functional groups attached to an aromatic ring is 1. The Labute approximate surface area is 120 Å². The Morgan fingerprint density at radius 3 is 2.68 bits per heavy atom. The maximum absolute atomic E-state index is 5.83. The van der Waals surface area contributed by atoms with E-state index in [0.717, 1.165) is 18.0 Å². The molecule has 19 heavy (non-hydrogen) atoms. The summed E-state index contributed by atoms with van der Waals surface area (Å²) in [5, 5.41) is 3.55. The average Bonchev–Trinajstić information content (AvgIpc) is 2.47. The van der Waals surface area contributed by atoms with E-state index in [4.69, 9.17) is 10.5 Å². The lowest BCUT2D eigenvalue weighted by molar-refractivity contribution is 0.410. The Morgan fingerprint density at radius 2 is 2.05 bits per heavy atom. The van der Waals surface area contributed by atoms with Crippen molar-refractivity contribution in [1.82, 2.24) is 0 Å². The van der Waals surface area contributed by atoms with Crippen molar-refractivity contribution < 1.29 is 4.74 Å². The molecule has 0 bridgehead atoms. The standard InChI is InChI=1S/C15H24N2OS/c1-18-14-10-12(6-7-13(14)16)17-11-15(19-2)8-4-3-5-9-15/h6-7,10,17H,3-5,8-9,11,16H2,1-2H3. The lowest BCUT2D eigenvalue weighted by atomic mass is 9.88. The Bertz CT molecular complexity index is 417. The number of nitrogens with two attached hydrogens (primary N) is 1. The predicted octanol–water partition coefficient (Wildman–Crippen LogP) is 3.76. The highest BCUT2D eigenvalue weighted by Gasteiger charge is 2.30. The summed E-state index contributed by atoms with van der Waals surface area (Å²) in [6.45, 7) is 1.02. The molecule has 0 saturated heterocycles. The van der Waals surface area contributed by atoms with E-state index >= 15 is 0 Å². The van der Waals surface area contributed by atoms with Crippen LogP contribution in [0.1, 0.15) is 32.1 Å². The highest BCUT2D eigenvalue weighted by atomic mass is 32.2. The highest BCUT2D eigenvalue weighted by molar-refractivity contribution is 8.00. The summed E-state index contributed by atoms with van der Waals surface area (Å²) in [7, 11) is 1.65. The number of anilines is 2. The summed E-state index contributed by atoms with van der Waals surface area (Å²) in [5.41, 5.74) is 7.61. The maximum Gasteiger partial charge on any atom is 0.143 e. The molecule has 1 aromatic carbocycles. The van der Waals surface area contributed by atoms with Gasteiger partial charge in [0.15, 0.2) is 0 Å². The summed E-state index contributed by atoms with van der Waals surface area (Å²) >= 11 is 2.01. The van der Waals surface area contributed by atoms with Gasteiger partial charge in [0, 0.05) is 23.0 Å². The van der Waals surface area contributed by atoms with Crippen molar-refractivity contribution in [3.05, 3.63) is 18.2 Å². The normalized spacial score (nSPS) is 18.0. The Morgan fingerprint density at radius 1 is 1.32 bits per heavy atom. The summed E-state index contributed by atoms with van der Waals surface area (Å²) in [4.78, 5) is 0. The molecule has 0 aromatic heterocycles. The summed E-state index contributed by atoms with van der Waals surface area (Å²) in [6, 6.07) is 5.90. The van der Waals surface area contributed by atoms with Crippen LogP contribution in [0, 0.1) is 0 Å². The van der Waals surface area contributed by atoms with Crippen LogP contribution in [0.2, 0.25) is 0 Å². The van der Waals surface area contributed by atoms with Gasteiger partial charge in [-0.05, 0) is 31.2 Å². The lowest BCUT2D eigenvalue weighted by Gasteiger charge is -2.36. The Balaban J connectivity index is 2.00. The fraction of sp³-hybridized carbons (Fsp3) is 0.600. The first-order valence-electron chi connectivity index (χ1n) is 6.92. The molecule has 2 rings (SSSR count). The minimum atomic E-state index is 0.396. The molecule has 1 aromatic rings. The first-order chi connectivity index (χ1) is 9.19. The topological polar surface area (TPSA) is 47.3 Å². The molecule has 0 atom stereocenters. The zero-order valence-electron chi connectivity index (χ0n) is 11.9. The van der Waals surface area contributed by atoms with Gasteiger partial charge in [-0.2, -0.15) is 11.8 Å². The molecule has 0 heterocycles. The van der Waals surface area contributed by atoms with Crippen LogP contribution in [0.5, 0.6) is 5.75 Å². The van der Waals surface area contributed by atoms with Crippen LogP contribution in [0.25, 0.3) is 0 Å². The predicted molar refractivity (Wildman–Crippen MR) is 85.2 cm³/mol. The molecular formula is C15H24N2OS. The van der Waals surface area contributed by atoms with Crippen molar-refractivity contribution >= 4 is 23.1 Å². The monoisotopic (exact) mass is 280 g/mol. The zero-order chi connectivity index (χ0) is 13.7. The molecular weight excluding hydrogens is 256 g/mol. The number of hydrogen-bond donors (Lipinski definition) is 2. The van der Waals surface area contributed by atoms with Gasteiger partial charge < -0.3 is 15.8 Å². The fourth-order valence-corrected chi connectivity index (χ4v) is 3.65. The van der Waals surface area contributed by atoms with Gasteiger partial charge in [0.2, 0.25) is 0 Å². The van der Waals surface area contributed by atoms with Gasteiger partial charge in [0.1, 0.15) is 5.75 Å². The molecule has 1 aliphatic carbocycles. The van der Waals surface area contributed by atoms with E-state index in [-0.39, 0.29) is 0 Å². The fourth-order valence-electron chi connectivity index (χ4n) is 2.73. The number of methoxy groups -OCH3 is 1. The zero-order valence-corrected chi connectivity index (χ0v) is 12.7. The molecule has 0 amide bonds. The second-order valence-electron chi connectivity index (χ2n) is 5.26. The third kappa shape index (κ3) is 3.50. The first-order valence-corrected chi connectivity index (χ1v) is 8.14. The van der Waals surface area contributed by atoms with E-state index in [1.54, 1.807) is 7.11 Å². The quantitative estimate of drug-likeness (QED) is 0.806. The van der Waals surface area contributed by atoms with Crippen LogP contribution < -0.4 is 15.8 Å². The average molecular weight is 280 g/mol. The first kappa shape index (κ1) is 14.4. The SMILES string of the molecule is COc1cc(NCC2(SC)CCCCC2)ccc1N. The van der Waals surface area contributed by atoms with Gasteiger partial charge in [-0.3, -0.25) is 0 Å². The van der Waals surface area contributed by atoms with Crippen LogP contribution in [-0.4, -0.2) is 24.7 Å². The molecule has 1 fully saturated rings. The molecule has 0 unspecified atom stereocenters. The van der Waals surface area contributed by atoms with Gasteiger partial charge in [-0.15, -0.1) is 0 Å². The Hall–Kier alpha value is -1.03. The van der Waals surface area contributed by atoms with Crippen molar-refractivity contribution in [3.8, 4) is 5.75 Å². The van der Waals surface area contributed by atoms with E-state index in [0.29, 0.717) is 10.4 Å². The van der Waals surface area contributed by atoms with Gasteiger partial charge >= 0.3 is 0 Å². The molecule has 1 aliphatic rings. The largest absolute Gasteiger partial charge is 0.495 e. The maximum atomic E-state index is 5.83. The second kappa shape index (κ2) is 6.42. The minimum Gasteiger partial charge on any atom is -0.495 e. The number of nitrogens with one attached hydrogen (secondary N) is 1. The number of thioether (sulfide) groups is 1. The Kier molecular flexibility index (Phi) is 4.86. The third-order valence-corrected chi connectivity index (χ3v) is 5.46. The van der Waals surface area contributed by atoms with Crippen LogP contribution >= 0.6 is 11.8 Å². The van der Waals surface area contributed by atoms with Crippen LogP contribution in [0.15, 0.2) is 18.2 Å². The van der Waals surface area contributed by atoms with Crippen LogP contribution in [0.4, 0.5) is 11.4 Å². The minimum absolute atomic E-state index is 0.396. The molecule has 0 spiro atoms. The lowest BCUT2D eigenvalue weighted by Crippen LogP contribution is -2.35. The molecule has 0 aliphatic heterocycles. The molecule has 3 nitrogen and oxygen atoms in total. The molecule has 0 radical (unpaired) electrons. The molecule has 4 heteroatoms. The van der Waals surface area contributed by atoms with Gasteiger partial charge in [-0.1, -0.05) is 19.3 Å². The number of benzene rings is 1. The number of hydrogen-bond acceptors (Lipinski definition) is 4. The van der Waals surface area contributed by atoms with Gasteiger partial charge in [-0.25, -0.2) is 0 Å². The second-order valence-corrected chi connectivity index (χ2v) is 6.53. The van der Waals surface area contributed by atoms with Crippen molar-refractivity contribution in [3.63, 3.8) is 0 Å². The van der Waals surface area contributed by atoms with Gasteiger partial charge in [0.05, 0.1) is 12.8 Å². The van der Waals surface area contributed by atoms with E-state index < -0.39 is 0 Å². The summed E-state index contributed by atoms with van der Waals surface area (Å²) < 4.78 is 5.65. The van der Waals surface area contributed by atoms with Crippen LogP contribution in [0.3, 0.4) is 0 Å². The van der Waals surface area contributed by atoms with E-state index in [1.165, 1.54) is 32.1 Å². The van der Waals surface area contributed by atoms with Gasteiger partial charge in [0.25, 0.3) is 0 Å². The van der Waals surface area contributed by atoms with Crippen molar-refractivity contribution in [2.75, 3.05) is 31.0 Å². The van der Waals surface area contributed by atoms with E-state index in [9.17, 15) is 0 Å². The number of ether oxygens (including phenoxy) is 1. The summed E-state index contributed by atoms with van der Waals surface area (Å²) in [5.74, 6) is 0.742. The van der Waals surface area contributed by atoms with E-state index in [1.807, 2.05) is 30.0 Å². The summed E-state index contributed by atoms with van der Waals surface area (Å²) in [6.07, 6.45) is 8.95. The van der Waals surface area contributed by atoms with Crippen LogP contribution in [-0.2, 0) is 0 Å². The van der Waals surface area contributed by atoms with Crippen molar-refractivity contribution in [2.24, 2.45) is 0 Å². The molecule has 1 saturated carbocycles.